The van der Waals surface area contributed by atoms with E-state index in [1.54, 1.807) is 6.07 Å². The van der Waals surface area contributed by atoms with Crippen molar-refractivity contribution in [2.24, 2.45) is 0 Å². The first-order valence-corrected chi connectivity index (χ1v) is 9.93. The molecular formula is C21H16BrIN2O2. The lowest BCUT2D eigenvalue weighted by atomic mass is 10.1. The van der Waals surface area contributed by atoms with Crippen LogP contribution >= 0.6 is 38.5 Å². The van der Waals surface area contributed by atoms with Gasteiger partial charge in [0.05, 0.1) is 8.04 Å². The Kier molecular flexibility index (Phi) is 7.90. The van der Waals surface area contributed by atoms with Gasteiger partial charge in [-0.25, -0.2) is 0 Å². The van der Waals surface area contributed by atoms with E-state index in [1.165, 1.54) is 11.6 Å². The van der Waals surface area contributed by atoms with Crippen molar-refractivity contribution in [3.05, 3.63) is 61.1 Å². The zero-order valence-corrected chi connectivity index (χ0v) is 18.3. The number of carbonyl (C=O) groups excluding carboxylic acids is 1. The molecule has 0 atom stereocenters. The van der Waals surface area contributed by atoms with Gasteiger partial charge in [0.2, 0.25) is 0 Å². The Morgan fingerprint density at radius 3 is 2.63 bits per heavy atom. The molecule has 2 aromatic rings. The van der Waals surface area contributed by atoms with E-state index in [9.17, 15) is 10.1 Å². The minimum atomic E-state index is -0.458. The second-order valence-electron chi connectivity index (χ2n) is 5.48. The maximum atomic E-state index is 12.4. The average molecular weight is 535 g/mol. The molecular weight excluding hydrogens is 519 g/mol. The van der Waals surface area contributed by atoms with Gasteiger partial charge in [-0.05, 0) is 86.4 Å². The minimum Gasteiger partial charge on any atom is -0.479 e. The zero-order valence-electron chi connectivity index (χ0n) is 14.6. The van der Waals surface area contributed by atoms with Crippen molar-refractivity contribution in [2.75, 3.05) is 11.9 Å². The van der Waals surface area contributed by atoms with E-state index in [0.717, 1.165) is 9.99 Å². The van der Waals surface area contributed by atoms with E-state index in [2.05, 4.69) is 56.7 Å². The number of ether oxygens (including phenoxy) is 1. The molecule has 136 valence electrons. The SMILES string of the molecule is C#CCOc1c(Br)cc(/C=C(\C#N)C(=O)Nc2ccc(CC)cc2)cc1I. The molecule has 0 aliphatic heterocycles. The van der Waals surface area contributed by atoms with E-state index in [1.807, 2.05) is 36.4 Å². The van der Waals surface area contributed by atoms with Crippen molar-refractivity contribution in [1.82, 2.24) is 0 Å². The molecule has 1 N–H and O–H groups in total. The first-order valence-electron chi connectivity index (χ1n) is 8.05. The minimum absolute atomic E-state index is 0.00885. The Morgan fingerprint density at radius 1 is 1.37 bits per heavy atom. The third-order valence-electron chi connectivity index (χ3n) is 3.62. The van der Waals surface area contributed by atoms with Crippen molar-refractivity contribution in [2.45, 2.75) is 13.3 Å². The number of hydrogen-bond acceptors (Lipinski definition) is 3. The Bertz CT molecular complexity index is 931. The molecule has 2 aromatic carbocycles. The summed E-state index contributed by atoms with van der Waals surface area (Å²) in [5, 5.41) is 12.1. The van der Waals surface area contributed by atoms with Crippen LogP contribution in [0.4, 0.5) is 5.69 Å². The first-order chi connectivity index (χ1) is 13.0. The molecule has 0 bridgehead atoms. The highest BCUT2D eigenvalue weighted by atomic mass is 127. The smallest absolute Gasteiger partial charge is 0.266 e. The highest BCUT2D eigenvalue weighted by Crippen LogP contribution is 2.32. The van der Waals surface area contributed by atoms with Gasteiger partial charge in [-0.2, -0.15) is 5.26 Å². The Balaban J connectivity index is 2.23. The molecule has 4 nitrogen and oxygen atoms in total. The number of nitrogens with one attached hydrogen (secondary N) is 1. The van der Waals surface area contributed by atoms with Gasteiger partial charge >= 0.3 is 0 Å². The number of anilines is 1. The van der Waals surface area contributed by atoms with Gasteiger partial charge in [0.25, 0.3) is 5.91 Å². The summed E-state index contributed by atoms with van der Waals surface area (Å²) in [7, 11) is 0. The summed E-state index contributed by atoms with van der Waals surface area (Å²) in [6.07, 6.45) is 7.68. The van der Waals surface area contributed by atoms with Crippen LogP contribution in [0.3, 0.4) is 0 Å². The second kappa shape index (κ2) is 10.1. The molecule has 0 fully saturated rings. The van der Waals surface area contributed by atoms with Crippen LogP contribution in [-0.2, 0) is 11.2 Å². The van der Waals surface area contributed by atoms with Crippen molar-refractivity contribution >= 4 is 56.2 Å². The molecule has 0 aromatic heterocycles. The van der Waals surface area contributed by atoms with Crippen LogP contribution in [0.25, 0.3) is 6.08 Å². The molecule has 0 saturated carbocycles. The molecule has 0 aliphatic carbocycles. The number of nitrogens with zero attached hydrogens (tertiary/aromatic N) is 1. The monoisotopic (exact) mass is 534 g/mol. The van der Waals surface area contributed by atoms with Crippen LogP contribution < -0.4 is 10.1 Å². The van der Waals surface area contributed by atoms with Crippen LogP contribution in [0.15, 0.2) is 46.4 Å². The molecule has 6 heteroatoms. The van der Waals surface area contributed by atoms with Crippen LogP contribution in [-0.4, -0.2) is 12.5 Å². The van der Waals surface area contributed by atoms with Crippen molar-refractivity contribution in [3.63, 3.8) is 0 Å². The Hall–Kier alpha value is -2.29. The second-order valence-corrected chi connectivity index (χ2v) is 7.50. The molecule has 2 rings (SSSR count). The molecule has 1 amide bonds. The van der Waals surface area contributed by atoms with Crippen LogP contribution in [0.5, 0.6) is 5.75 Å². The number of aryl methyl sites for hydroxylation is 1. The number of terminal acetylenes is 1. The number of nitriles is 1. The van der Waals surface area contributed by atoms with Crippen molar-refractivity contribution in [3.8, 4) is 24.2 Å². The molecule has 0 aliphatic rings. The third-order valence-corrected chi connectivity index (χ3v) is 5.01. The summed E-state index contributed by atoms with van der Waals surface area (Å²) in [6.45, 7) is 2.22. The largest absolute Gasteiger partial charge is 0.479 e. The fourth-order valence-electron chi connectivity index (χ4n) is 2.25. The summed E-state index contributed by atoms with van der Waals surface area (Å²) in [6, 6.07) is 13.1. The summed E-state index contributed by atoms with van der Waals surface area (Å²) in [5.74, 6) is 2.59. The molecule has 0 spiro atoms. The Labute approximate surface area is 180 Å². The number of rotatable bonds is 6. The normalized spacial score (nSPS) is 10.6. The molecule has 0 heterocycles. The van der Waals surface area contributed by atoms with E-state index in [4.69, 9.17) is 11.2 Å². The highest BCUT2D eigenvalue weighted by Gasteiger charge is 2.12. The lowest BCUT2D eigenvalue weighted by Crippen LogP contribution is -2.13. The van der Waals surface area contributed by atoms with Crippen LogP contribution in [0.2, 0.25) is 0 Å². The number of amides is 1. The molecule has 27 heavy (non-hydrogen) atoms. The molecule has 0 radical (unpaired) electrons. The number of hydrogen-bond donors (Lipinski definition) is 1. The summed E-state index contributed by atoms with van der Waals surface area (Å²) >= 11 is 5.55. The van der Waals surface area contributed by atoms with E-state index >= 15 is 0 Å². The zero-order chi connectivity index (χ0) is 19.8. The van der Waals surface area contributed by atoms with Crippen molar-refractivity contribution < 1.29 is 9.53 Å². The van der Waals surface area contributed by atoms with Gasteiger partial charge in [0.1, 0.15) is 24.0 Å². The average Bonchev–Trinajstić information content (AvgIpc) is 2.66. The molecule has 0 saturated heterocycles. The quantitative estimate of drug-likeness (QED) is 0.240. The lowest BCUT2D eigenvalue weighted by Gasteiger charge is -2.09. The van der Waals surface area contributed by atoms with Crippen LogP contribution in [0, 0.1) is 27.2 Å². The van der Waals surface area contributed by atoms with Gasteiger partial charge in [0, 0.05) is 5.69 Å². The van der Waals surface area contributed by atoms with Gasteiger partial charge in [-0.1, -0.05) is 25.0 Å². The predicted octanol–water partition coefficient (Wildman–Crippen LogP) is 5.17. The summed E-state index contributed by atoms with van der Waals surface area (Å²) in [4.78, 5) is 12.4. The number of carbonyl (C=O) groups is 1. The van der Waals surface area contributed by atoms with E-state index < -0.39 is 5.91 Å². The van der Waals surface area contributed by atoms with Gasteiger partial charge < -0.3 is 10.1 Å². The van der Waals surface area contributed by atoms with E-state index in [0.29, 0.717) is 21.5 Å². The lowest BCUT2D eigenvalue weighted by molar-refractivity contribution is -0.112. The molecule has 0 unspecified atom stereocenters. The van der Waals surface area contributed by atoms with E-state index in [-0.39, 0.29) is 12.2 Å². The maximum absolute atomic E-state index is 12.4. The summed E-state index contributed by atoms with van der Waals surface area (Å²) < 4.78 is 7.01. The number of halogens is 2. The highest BCUT2D eigenvalue weighted by molar-refractivity contribution is 14.1. The van der Waals surface area contributed by atoms with Gasteiger partial charge in [-0.3, -0.25) is 4.79 Å². The topological polar surface area (TPSA) is 62.1 Å². The standard InChI is InChI=1S/C21H16BrIN2O2/c1-3-9-27-20-18(22)11-15(12-19(20)23)10-16(13-24)21(26)25-17-7-5-14(4-2)6-8-17/h1,5-8,10-12H,4,9H2,2H3,(H,25,26)/b16-10+. The first kappa shape index (κ1) is 21.0. The maximum Gasteiger partial charge on any atom is 0.266 e. The van der Waals surface area contributed by atoms with Crippen molar-refractivity contribution in [1.29, 1.82) is 5.26 Å². The predicted molar refractivity (Wildman–Crippen MR) is 119 cm³/mol. The Morgan fingerprint density at radius 2 is 2.07 bits per heavy atom. The van der Waals surface area contributed by atoms with Gasteiger partial charge in [0.15, 0.2) is 0 Å². The third kappa shape index (κ3) is 5.85. The summed E-state index contributed by atoms with van der Waals surface area (Å²) in [5.41, 5.74) is 2.53. The van der Waals surface area contributed by atoms with Gasteiger partial charge in [-0.15, -0.1) is 6.42 Å². The number of benzene rings is 2. The fourth-order valence-corrected chi connectivity index (χ4v) is 4.02. The van der Waals surface area contributed by atoms with Crippen LogP contribution in [0.1, 0.15) is 18.1 Å². The fraction of sp³-hybridized carbons (Fsp3) is 0.143.